The number of amidine groups is 1. The van der Waals surface area contributed by atoms with Crippen molar-refractivity contribution in [2.45, 2.75) is 37.6 Å². The Morgan fingerprint density at radius 1 is 1.00 bits per heavy atom. The first-order valence-corrected chi connectivity index (χ1v) is 5.08. The van der Waals surface area contributed by atoms with Crippen molar-refractivity contribution in [1.82, 2.24) is 0 Å². The van der Waals surface area contributed by atoms with E-state index in [1.165, 1.54) is 19.3 Å². The summed E-state index contributed by atoms with van der Waals surface area (Å²) in [5.74, 6) is 0. The van der Waals surface area contributed by atoms with Gasteiger partial charge in [0.25, 0.3) is 0 Å². The summed E-state index contributed by atoms with van der Waals surface area (Å²) < 4.78 is 0. The first kappa shape index (κ1) is 17.1. The summed E-state index contributed by atoms with van der Waals surface area (Å²) >= 11 is 10.1. The minimum absolute atomic E-state index is 0. The van der Waals surface area contributed by atoms with E-state index in [4.69, 9.17) is 25.3 Å². The Bertz CT molecular complexity index is 260. The van der Waals surface area contributed by atoms with E-state index in [1.807, 2.05) is 0 Å². The number of hydrogen-bond acceptors (Lipinski definition) is 4. The van der Waals surface area contributed by atoms with Gasteiger partial charge in [-0.3, -0.25) is 9.98 Å². The summed E-state index contributed by atoms with van der Waals surface area (Å²) in [4.78, 5) is 8.45. The molecule has 0 bridgehead atoms. The second kappa shape index (κ2) is 7.48. The van der Waals surface area contributed by atoms with E-state index < -0.39 is 0 Å². The van der Waals surface area contributed by atoms with Crippen LogP contribution in [0.4, 0.5) is 0 Å². The van der Waals surface area contributed by atoms with E-state index in [1.54, 1.807) is 0 Å². The molecule has 2 nitrogen and oxygen atoms in total. The molecule has 2 rings (SSSR count). The molecule has 2 aliphatic rings. The van der Waals surface area contributed by atoms with Crippen molar-refractivity contribution in [3.63, 3.8) is 0 Å². The van der Waals surface area contributed by atoms with Gasteiger partial charge in [0.05, 0.1) is 5.54 Å². The average Bonchev–Trinajstić information content (AvgIpc) is 2.29. The van der Waals surface area contributed by atoms with Crippen molar-refractivity contribution in [2.75, 3.05) is 0 Å². The normalized spacial score (nSPS) is 23.1. The quantitative estimate of drug-likeness (QED) is 0.329. The minimum atomic E-state index is -0.148. The van der Waals surface area contributed by atoms with Gasteiger partial charge in [0.15, 0.2) is 0 Å². The number of hydrogen-bond donors (Lipinski definition) is 0. The van der Waals surface area contributed by atoms with Gasteiger partial charge in [-0.25, -0.2) is 0 Å². The van der Waals surface area contributed by atoms with Crippen LogP contribution in [0.2, 0.25) is 0 Å². The molecule has 6 heteroatoms. The molecule has 1 saturated carbocycles. The van der Waals surface area contributed by atoms with Crippen LogP contribution < -0.4 is 103 Å². The topological polar surface area (TPSA) is 24.7 Å². The van der Waals surface area contributed by atoms with Crippen LogP contribution in [-0.2, 0) is 25.3 Å². The van der Waals surface area contributed by atoms with Gasteiger partial charge in [0.1, 0.15) is 0 Å². The van der Waals surface area contributed by atoms with Gasteiger partial charge in [-0.1, -0.05) is 24.3 Å². The molecule has 0 aromatic rings. The van der Waals surface area contributed by atoms with Gasteiger partial charge in [-0.2, -0.15) is 0 Å². The molecule has 0 saturated heterocycles. The van der Waals surface area contributed by atoms with Gasteiger partial charge >= 0.3 is 103 Å². The number of aliphatic imine (C=N–C) groups is 2. The number of rotatable bonds is 0. The molecule has 0 aromatic heterocycles. The SMILES string of the molecule is [K+].[K+].[S-]C1=NC2(CCCCC2)C([S-])=N1. The van der Waals surface area contributed by atoms with Gasteiger partial charge in [-0.15, -0.1) is 0 Å². The standard InChI is InChI=1S/C8H12N2S2.2K/c11-6-8(10-7(12)9-6)4-2-1-3-5-8;;/h1-5H2,(H2,9,10,11,12);;/q;2*+1/p-2. The van der Waals surface area contributed by atoms with Crippen LogP contribution in [0.3, 0.4) is 0 Å². The molecule has 0 aromatic carbocycles. The van der Waals surface area contributed by atoms with Crippen molar-refractivity contribution in [2.24, 2.45) is 9.98 Å². The van der Waals surface area contributed by atoms with Crippen LogP contribution in [0.15, 0.2) is 9.98 Å². The first-order chi connectivity index (χ1) is 5.73. The van der Waals surface area contributed by atoms with Crippen LogP contribution in [0.1, 0.15) is 32.1 Å². The van der Waals surface area contributed by atoms with Crippen molar-refractivity contribution in [1.29, 1.82) is 0 Å². The fourth-order valence-electron chi connectivity index (χ4n) is 1.91. The maximum absolute atomic E-state index is 5.18. The molecule has 1 aliphatic heterocycles. The Hall–Kier alpha value is 3.05. The predicted octanol–water partition coefficient (Wildman–Crippen LogP) is -4.44. The Morgan fingerprint density at radius 2 is 1.57 bits per heavy atom. The fraction of sp³-hybridized carbons (Fsp3) is 0.750. The maximum Gasteiger partial charge on any atom is 1.00 e. The Morgan fingerprint density at radius 3 is 2.00 bits per heavy atom. The van der Waals surface area contributed by atoms with E-state index in [-0.39, 0.29) is 108 Å². The van der Waals surface area contributed by atoms with Crippen molar-refractivity contribution >= 4 is 35.5 Å². The van der Waals surface area contributed by atoms with Crippen LogP contribution in [0, 0.1) is 0 Å². The second-order valence-electron chi connectivity index (χ2n) is 3.40. The Kier molecular flexibility index (Phi) is 9.11. The molecule has 1 aliphatic carbocycles. The maximum atomic E-state index is 5.18. The van der Waals surface area contributed by atoms with Crippen LogP contribution in [0.5, 0.6) is 0 Å². The van der Waals surface area contributed by atoms with E-state index in [9.17, 15) is 0 Å². The summed E-state index contributed by atoms with van der Waals surface area (Å²) in [6.07, 6.45) is 5.82. The second-order valence-corrected chi connectivity index (χ2v) is 4.16. The molecule has 1 heterocycles. The van der Waals surface area contributed by atoms with Crippen molar-refractivity contribution < 1.29 is 103 Å². The monoisotopic (exact) mass is 276 g/mol. The molecule has 1 spiro atoms. The summed E-state index contributed by atoms with van der Waals surface area (Å²) in [5.41, 5.74) is -0.148. The zero-order chi connectivity index (χ0) is 8.60. The third-order valence-corrected chi connectivity index (χ3v) is 3.24. The zero-order valence-corrected chi connectivity index (χ0v) is 16.6. The molecule has 0 unspecified atom stereocenters. The van der Waals surface area contributed by atoms with Crippen LogP contribution >= 0.6 is 0 Å². The third kappa shape index (κ3) is 3.78. The Balaban J connectivity index is 0.000000845. The number of nitrogens with zero attached hydrogens (tertiary/aromatic N) is 2. The van der Waals surface area contributed by atoms with E-state index >= 15 is 0 Å². The minimum Gasteiger partial charge on any atom is -0.762 e. The molecule has 66 valence electrons. The molecule has 0 radical (unpaired) electrons. The summed E-state index contributed by atoms with van der Waals surface area (Å²) in [7, 11) is 0. The fourth-order valence-corrected chi connectivity index (χ4v) is 2.57. The smallest absolute Gasteiger partial charge is 0.762 e. The van der Waals surface area contributed by atoms with Crippen molar-refractivity contribution in [3.8, 4) is 0 Å². The van der Waals surface area contributed by atoms with Gasteiger partial charge in [0, 0.05) is 5.17 Å². The zero-order valence-electron chi connectivity index (χ0n) is 8.75. The summed E-state index contributed by atoms with van der Waals surface area (Å²) in [5, 5.41) is 1.19. The van der Waals surface area contributed by atoms with Gasteiger partial charge in [0.2, 0.25) is 0 Å². The van der Waals surface area contributed by atoms with Crippen molar-refractivity contribution in [3.05, 3.63) is 0 Å². The third-order valence-electron chi connectivity index (χ3n) is 2.59. The van der Waals surface area contributed by atoms with E-state index in [2.05, 4.69) is 9.98 Å². The molecule has 14 heavy (non-hydrogen) atoms. The molecular weight excluding hydrogens is 266 g/mol. The predicted molar refractivity (Wildman–Crippen MR) is 55.4 cm³/mol. The Labute approximate surface area is 181 Å². The molecule has 0 N–H and O–H groups in total. The van der Waals surface area contributed by atoms with E-state index in [0.29, 0.717) is 5.17 Å². The van der Waals surface area contributed by atoms with Gasteiger partial charge < -0.3 is 25.3 Å². The average molecular weight is 277 g/mol. The van der Waals surface area contributed by atoms with Crippen LogP contribution in [0.25, 0.3) is 0 Å². The molecular formula is C8H10K2N2S2. The molecule has 0 atom stereocenters. The largest absolute Gasteiger partial charge is 1.00 e. The first-order valence-electron chi connectivity index (χ1n) is 4.26. The van der Waals surface area contributed by atoms with Gasteiger partial charge in [-0.05, 0) is 12.8 Å². The summed E-state index contributed by atoms with van der Waals surface area (Å²) in [6, 6.07) is 0. The van der Waals surface area contributed by atoms with Crippen LogP contribution in [-0.4, -0.2) is 15.8 Å². The van der Waals surface area contributed by atoms with E-state index in [0.717, 1.165) is 17.9 Å². The molecule has 1 fully saturated rings. The summed E-state index contributed by atoms with van der Waals surface area (Å²) in [6.45, 7) is 0. The molecule has 0 amide bonds.